The number of nitrogens with one attached hydrogen (secondary N) is 1. The molecule has 1 N–H and O–H groups in total. The Labute approximate surface area is 104 Å². The Balaban J connectivity index is 1.57. The second-order valence-electron chi connectivity index (χ2n) is 5.02. The Morgan fingerprint density at radius 1 is 1.53 bits per heavy atom. The molecule has 17 heavy (non-hydrogen) atoms. The van der Waals surface area contributed by atoms with Crippen LogP contribution >= 0.6 is 0 Å². The van der Waals surface area contributed by atoms with E-state index in [0.717, 1.165) is 25.7 Å². The lowest BCUT2D eigenvalue weighted by atomic mass is 10.2. The van der Waals surface area contributed by atoms with Gasteiger partial charge in [-0.15, -0.1) is 0 Å². The minimum atomic E-state index is 0.740. The van der Waals surface area contributed by atoms with Crippen molar-refractivity contribution < 1.29 is 4.42 Å². The van der Waals surface area contributed by atoms with Gasteiger partial charge < -0.3 is 19.5 Å². The van der Waals surface area contributed by atoms with E-state index in [4.69, 9.17) is 4.42 Å². The zero-order chi connectivity index (χ0) is 12.1. The normalized spacial score (nSPS) is 21.5. The van der Waals surface area contributed by atoms with Crippen molar-refractivity contribution in [2.24, 2.45) is 0 Å². The summed E-state index contributed by atoms with van der Waals surface area (Å²) in [6, 6.07) is 2.74. The minimum Gasteiger partial charge on any atom is -0.472 e. The summed E-state index contributed by atoms with van der Waals surface area (Å²) >= 11 is 0. The number of likely N-dealkylation sites (tertiary alicyclic amines) is 1. The van der Waals surface area contributed by atoms with Crippen LogP contribution in [0.2, 0.25) is 0 Å². The molecule has 0 spiro atoms. The second-order valence-corrected chi connectivity index (χ2v) is 5.02. The van der Waals surface area contributed by atoms with Crippen molar-refractivity contribution in [2.45, 2.75) is 19.0 Å². The van der Waals surface area contributed by atoms with E-state index in [0.29, 0.717) is 0 Å². The largest absolute Gasteiger partial charge is 0.472 e. The molecule has 0 bridgehead atoms. The van der Waals surface area contributed by atoms with E-state index in [-0.39, 0.29) is 0 Å². The zero-order valence-electron chi connectivity index (χ0n) is 10.9. The van der Waals surface area contributed by atoms with Crippen LogP contribution in [0.15, 0.2) is 23.0 Å². The molecule has 0 aromatic carbocycles. The monoisotopic (exact) mass is 237 g/mol. The smallest absolute Gasteiger partial charge is 0.0947 e. The summed E-state index contributed by atoms with van der Waals surface area (Å²) in [5.41, 5.74) is 1.22. The summed E-state index contributed by atoms with van der Waals surface area (Å²) in [7, 11) is 4.34. The van der Waals surface area contributed by atoms with Crippen LogP contribution in [0.3, 0.4) is 0 Å². The van der Waals surface area contributed by atoms with Gasteiger partial charge >= 0.3 is 0 Å². The topological polar surface area (TPSA) is 31.6 Å². The zero-order valence-corrected chi connectivity index (χ0v) is 10.9. The summed E-state index contributed by atoms with van der Waals surface area (Å²) < 4.78 is 5.03. The first kappa shape index (κ1) is 12.6. The number of nitrogens with zero attached hydrogens (tertiary/aromatic N) is 2. The predicted molar refractivity (Wildman–Crippen MR) is 68.9 cm³/mol. The standard InChI is InChI=1S/C13H23N3O/c1-15(2)13-3-6-16(10-13)7-5-14-9-12-4-8-17-11-12/h4,8,11,13-14H,3,5-7,9-10H2,1-2H3. The van der Waals surface area contributed by atoms with Crippen LogP contribution in [0.1, 0.15) is 12.0 Å². The molecule has 1 aromatic rings. The molecular weight excluding hydrogens is 214 g/mol. The second kappa shape index (κ2) is 6.19. The van der Waals surface area contributed by atoms with Crippen molar-refractivity contribution >= 4 is 0 Å². The molecule has 0 saturated carbocycles. The Kier molecular flexibility index (Phi) is 4.59. The molecule has 1 aliphatic heterocycles. The fraction of sp³-hybridized carbons (Fsp3) is 0.692. The highest BCUT2D eigenvalue weighted by molar-refractivity contribution is 5.04. The quantitative estimate of drug-likeness (QED) is 0.748. The number of likely N-dealkylation sites (N-methyl/N-ethyl adjacent to an activating group) is 1. The molecule has 1 aromatic heterocycles. The maximum Gasteiger partial charge on any atom is 0.0947 e. The lowest BCUT2D eigenvalue weighted by Crippen LogP contribution is -2.34. The highest BCUT2D eigenvalue weighted by atomic mass is 16.3. The summed E-state index contributed by atoms with van der Waals surface area (Å²) in [5, 5.41) is 3.44. The van der Waals surface area contributed by atoms with Gasteiger partial charge in [0, 0.05) is 37.8 Å². The molecule has 1 fully saturated rings. The van der Waals surface area contributed by atoms with Crippen LogP contribution in [0.25, 0.3) is 0 Å². The van der Waals surface area contributed by atoms with Crippen LogP contribution in [0.5, 0.6) is 0 Å². The minimum absolute atomic E-state index is 0.740. The van der Waals surface area contributed by atoms with Crippen molar-refractivity contribution in [3.8, 4) is 0 Å². The van der Waals surface area contributed by atoms with Gasteiger partial charge in [0.1, 0.15) is 0 Å². The van der Waals surface area contributed by atoms with Gasteiger partial charge in [0.05, 0.1) is 12.5 Å². The van der Waals surface area contributed by atoms with E-state index in [1.54, 1.807) is 12.5 Å². The number of furan rings is 1. The van der Waals surface area contributed by atoms with Crippen LogP contribution in [-0.2, 0) is 6.54 Å². The summed E-state index contributed by atoms with van der Waals surface area (Å²) in [4.78, 5) is 4.87. The SMILES string of the molecule is CN(C)C1CCN(CCNCc2ccoc2)C1. The van der Waals surface area contributed by atoms with Gasteiger partial charge in [0.2, 0.25) is 0 Å². The number of hydrogen-bond donors (Lipinski definition) is 1. The summed E-state index contributed by atoms with van der Waals surface area (Å²) in [5.74, 6) is 0. The van der Waals surface area contributed by atoms with Crippen molar-refractivity contribution in [2.75, 3.05) is 40.3 Å². The molecule has 0 radical (unpaired) electrons. The van der Waals surface area contributed by atoms with Gasteiger partial charge in [-0.05, 0) is 33.1 Å². The molecule has 2 rings (SSSR count). The van der Waals surface area contributed by atoms with Crippen LogP contribution in [0, 0.1) is 0 Å². The van der Waals surface area contributed by atoms with Crippen LogP contribution in [-0.4, -0.2) is 56.1 Å². The highest BCUT2D eigenvalue weighted by Crippen LogP contribution is 2.12. The first-order chi connectivity index (χ1) is 8.25. The third-order valence-electron chi connectivity index (χ3n) is 3.49. The molecule has 1 unspecified atom stereocenters. The van der Waals surface area contributed by atoms with Crippen molar-refractivity contribution in [1.29, 1.82) is 0 Å². The van der Waals surface area contributed by atoms with Gasteiger partial charge in [-0.1, -0.05) is 0 Å². The Morgan fingerprint density at radius 2 is 2.41 bits per heavy atom. The highest BCUT2D eigenvalue weighted by Gasteiger charge is 2.22. The van der Waals surface area contributed by atoms with E-state index in [9.17, 15) is 0 Å². The molecule has 0 aliphatic carbocycles. The molecule has 96 valence electrons. The third kappa shape index (κ3) is 3.84. The average Bonchev–Trinajstić information content (AvgIpc) is 2.96. The van der Waals surface area contributed by atoms with Gasteiger partial charge in [-0.25, -0.2) is 0 Å². The van der Waals surface area contributed by atoms with Crippen LogP contribution < -0.4 is 5.32 Å². The van der Waals surface area contributed by atoms with Crippen molar-refractivity contribution in [1.82, 2.24) is 15.1 Å². The lowest BCUT2D eigenvalue weighted by molar-refractivity contribution is 0.268. The van der Waals surface area contributed by atoms with E-state index >= 15 is 0 Å². The molecule has 1 atom stereocenters. The maximum absolute atomic E-state index is 5.03. The Bertz CT molecular complexity index is 310. The molecule has 1 aliphatic rings. The number of hydrogen-bond acceptors (Lipinski definition) is 4. The molecule has 4 heteroatoms. The van der Waals surface area contributed by atoms with Gasteiger partial charge in [-0.2, -0.15) is 0 Å². The Morgan fingerprint density at radius 3 is 3.06 bits per heavy atom. The molecular formula is C13H23N3O. The fourth-order valence-electron chi connectivity index (χ4n) is 2.30. The average molecular weight is 237 g/mol. The van der Waals surface area contributed by atoms with E-state index in [2.05, 4.69) is 29.2 Å². The van der Waals surface area contributed by atoms with Gasteiger partial charge in [0.15, 0.2) is 0 Å². The maximum atomic E-state index is 5.03. The number of rotatable bonds is 6. The summed E-state index contributed by atoms with van der Waals surface area (Å²) in [6.07, 6.45) is 4.82. The Hall–Kier alpha value is -0.840. The molecule has 1 saturated heterocycles. The third-order valence-corrected chi connectivity index (χ3v) is 3.49. The lowest BCUT2D eigenvalue weighted by Gasteiger charge is -2.20. The molecule has 2 heterocycles. The first-order valence-electron chi connectivity index (χ1n) is 6.36. The van der Waals surface area contributed by atoms with Crippen molar-refractivity contribution in [3.05, 3.63) is 24.2 Å². The van der Waals surface area contributed by atoms with Crippen LogP contribution in [0.4, 0.5) is 0 Å². The molecule has 0 amide bonds. The van der Waals surface area contributed by atoms with E-state index < -0.39 is 0 Å². The predicted octanol–water partition coefficient (Wildman–Crippen LogP) is 1.01. The van der Waals surface area contributed by atoms with Crippen molar-refractivity contribution in [3.63, 3.8) is 0 Å². The van der Waals surface area contributed by atoms with Gasteiger partial charge in [-0.3, -0.25) is 0 Å². The first-order valence-corrected chi connectivity index (χ1v) is 6.36. The van der Waals surface area contributed by atoms with E-state index in [1.165, 1.54) is 25.1 Å². The summed E-state index contributed by atoms with van der Waals surface area (Å²) in [6.45, 7) is 5.53. The molecule has 4 nitrogen and oxygen atoms in total. The fourth-order valence-corrected chi connectivity index (χ4v) is 2.30. The van der Waals surface area contributed by atoms with E-state index in [1.807, 2.05) is 6.07 Å². The van der Waals surface area contributed by atoms with Gasteiger partial charge in [0.25, 0.3) is 0 Å².